The van der Waals surface area contributed by atoms with E-state index >= 15 is 0 Å². The number of furan rings is 1. The third kappa shape index (κ3) is 3.33. The van der Waals surface area contributed by atoms with E-state index in [0.717, 1.165) is 47.1 Å². The van der Waals surface area contributed by atoms with Crippen molar-refractivity contribution in [2.75, 3.05) is 10.6 Å². The first kappa shape index (κ1) is 15.8. The molecule has 4 heterocycles. The largest absolute Gasteiger partial charge is 0.472 e. The van der Waals surface area contributed by atoms with Crippen LogP contribution >= 0.6 is 0 Å². The molecule has 27 heavy (non-hydrogen) atoms. The van der Waals surface area contributed by atoms with Crippen molar-refractivity contribution in [1.29, 1.82) is 0 Å². The zero-order chi connectivity index (χ0) is 18.1. The summed E-state index contributed by atoms with van der Waals surface area (Å²) in [6.07, 6.45) is 7.47. The summed E-state index contributed by atoms with van der Waals surface area (Å²) in [6.45, 7) is 1.24. The van der Waals surface area contributed by atoms with E-state index in [0.29, 0.717) is 19.0 Å². The molecule has 1 saturated carbocycles. The number of aromatic nitrogens is 5. The summed E-state index contributed by atoms with van der Waals surface area (Å²) in [6, 6.07) is 9.77. The van der Waals surface area contributed by atoms with Crippen molar-refractivity contribution >= 4 is 17.2 Å². The molecule has 4 aromatic heterocycles. The van der Waals surface area contributed by atoms with Gasteiger partial charge in [0.2, 0.25) is 5.65 Å². The van der Waals surface area contributed by atoms with Gasteiger partial charge in [0.05, 0.1) is 30.5 Å². The third-order valence-electron chi connectivity index (χ3n) is 4.58. The molecule has 5 rings (SSSR count). The van der Waals surface area contributed by atoms with Crippen molar-refractivity contribution in [2.24, 2.45) is 0 Å². The van der Waals surface area contributed by atoms with Crippen LogP contribution < -0.4 is 10.6 Å². The van der Waals surface area contributed by atoms with Crippen molar-refractivity contribution in [3.8, 4) is 0 Å². The molecule has 4 aromatic rings. The Hall–Kier alpha value is -3.42. The first-order chi connectivity index (χ1) is 13.4. The van der Waals surface area contributed by atoms with Crippen LogP contribution in [0.2, 0.25) is 0 Å². The van der Waals surface area contributed by atoms with Gasteiger partial charge in [-0.25, -0.2) is 0 Å². The Labute approximate surface area is 155 Å². The smallest absolute Gasteiger partial charge is 0.201 e. The lowest BCUT2D eigenvalue weighted by Gasteiger charge is -2.11. The lowest BCUT2D eigenvalue weighted by molar-refractivity contribution is 0.564. The van der Waals surface area contributed by atoms with Crippen molar-refractivity contribution in [3.05, 3.63) is 66.1 Å². The van der Waals surface area contributed by atoms with Crippen LogP contribution in [-0.2, 0) is 13.1 Å². The number of nitrogens with zero attached hydrogens (tertiary/aromatic N) is 5. The average Bonchev–Trinajstić information content (AvgIpc) is 3.24. The van der Waals surface area contributed by atoms with Crippen LogP contribution in [0.5, 0.6) is 0 Å². The molecule has 8 heteroatoms. The van der Waals surface area contributed by atoms with Crippen molar-refractivity contribution in [3.63, 3.8) is 0 Å². The van der Waals surface area contributed by atoms with Crippen LogP contribution in [0, 0.1) is 0 Å². The predicted octanol–water partition coefficient (Wildman–Crippen LogP) is 3.21. The van der Waals surface area contributed by atoms with E-state index in [-0.39, 0.29) is 0 Å². The van der Waals surface area contributed by atoms with Gasteiger partial charge in [0.1, 0.15) is 5.82 Å². The summed E-state index contributed by atoms with van der Waals surface area (Å²) in [7, 11) is 0. The molecular formula is C19H19N7O. The molecule has 1 aliphatic carbocycles. The maximum atomic E-state index is 5.13. The Morgan fingerprint density at radius 3 is 2.85 bits per heavy atom. The molecular weight excluding hydrogens is 342 g/mol. The Morgan fingerprint density at radius 2 is 2.07 bits per heavy atom. The molecule has 136 valence electrons. The molecule has 0 amide bonds. The van der Waals surface area contributed by atoms with Gasteiger partial charge >= 0.3 is 0 Å². The molecule has 8 nitrogen and oxygen atoms in total. The van der Waals surface area contributed by atoms with E-state index < -0.39 is 0 Å². The van der Waals surface area contributed by atoms with Gasteiger partial charge in [-0.1, -0.05) is 6.07 Å². The van der Waals surface area contributed by atoms with Gasteiger partial charge in [-0.2, -0.15) is 4.52 Å². The summed E-state index contributed by atoms with van der Waals surface area (Å²) < 4.78 is 6.98. The Bertz CT molecular complexity index is 1040. The lowest BCUT2D eigenvalue weighted by atomic mass is 10.3. The number of hydrogen-bond acceptors (Lipinski definition) is 7. The van der Waals surface area contributed by atoms with E-state index in [1.165, 1.54) is 0 Å². The van der Waals surface area contributed by atoms with Gasteiger partial charge in [0.25, 0.3) is 0 Å². The maximum Gasteiger partial charge on any atom is 0.201 e. The van der Waals surface area contributed by atoms with E-state index in [2.05, 4.69) is 25.8 Å². The minimum absolute atomic E-state index is 0.459. The molecule has 0 atom stereocenters. The number of fused-ring (bicyclic) bond motifs is 1. The van der Waals surface area contributed by atoms with E-state index in [9.17, 15) is 0 Å². The fourth-order valence-electron chi connectivity index (χ4n) is 2.98. The van der Waals surface area contributed by atoms with Crippen LogP contribution in [0.3, 0.4) is 0 Å². The minimum atomic E-state index is 0.459. The zero-order valence-corrected chi connectivity index (χ0v) is 14.7. The number of anilines is 2. The second-order valence-corrected chi connectivity index (χ2v) is 6.67. The topological polar surface area (TPSA) is 93.2 Å². The van der Waals surface area contributed by atoms with Crippen LogP contribution in [-0.4, -0.2) is 24.8 Å². The molecule has 1 fully saturated rings. The minimum Gasteiger partial charge on any atom is -0.472 e. The van der Waals surface area contributed by atoms with Crippen LogP contribution in [0.1, 0.15) is 35.8 Å². The molecule has 0 aliphatic heterocycles. The number of nitrogens with one attached hydrogen (secondary N) is 2. The van der Waals surface area contributed by atoms with Gasteiger partial charge in [-0.15, -0.1) is 15.3 Å². The summed E-state index contributed by atoms with van der Waals surface area (Å²) in [5, 5.41) is 20.2. The van der Waals surface area contributed by atoms with Gasteiger partial charge < -0.3 is 15.1 Å². The van der Waals surface area contributed by atoms with Crippen LogP contribution in [0.4, 0.5) is 11.5 Å². The molecule has 0 bridgehead atoms. The van der Waals surface area contributed by atoms with E-state index in [4.69, 9.17) is 9.52 Å². The van der Waals surface area contributed by atoms with E-state index in [1.54, 1.807) is 18.7 Å². The van der Waals surface area contributed by atoms with Crippen molar-refractivity contribution in [2.45, 2.75) is 31.8 Å². The molecule has 0 saturated heterocycles. The highest BCUT2D eigenvalue weighted by atomic mass is 16.3. The first-order valence-corrected chi connectivity index (χ1v) is 9.02. The highest BCUT2D eigenvalue weighted by Gasteiger charge is 2.30. The zero-order valence-electron chi connectivity index (χ0n) is 14.7. The second kappa shape index (κ2) is 6.71. The number of rotatable bonds is 7. The van der Waals surface area contributed by atoms with Gasteiger partial charge in [-0.3, -0.25) is 4.98 Å². The van der Waals surface area contributed by atoms with Crippen LogP contribution in [0.25, 0.3) is 5.65 Å². The maximum absolute atomic E-state index is 5.13. The Kier molecular flexibility index (Phi) is 3.93. The molecule has 0 aromatic carbocycles. The summed E-state index contributed by atoms with van der Waals surface area (Å²) in [4.78, 5) is 4.36. The molecule has 2 N–H and O–H groups in total. The molecule has 0 radical (unpaired) electrons. The Morgan fingerprint density at radius 1 is 1.11 bits per heavy atom. The van der Waals surface area contributed by atoms with Gasteiger partial charge in [0, 0.05) is 30.3 Å². The summed E-state index contributed by atoms with van der Waals surface area (Å²) >= 11 is 0. The van der Waals surface area contributed by atoms with Crippen molar-refractivity contribution < 1.29 is 4.42 Å². The van der Waals surface area contributed by atoms with Gasteiger partial charge in [0.15, 0.2) is 5.82 Å². The predicted molar refractivity (Wildman–Crippen MR) is 100 cm³/mol. The molecule has 0 unspecified atom stereocenters. The lowest BCUT2D eigenvalue weighted by Crippen LogP contribution is -2.09. The van der Waals surface area contributed by atoms with Gasteiger partial charge in [-0.05, 0) is 31.0 Å². The van der Waals surface area contributed by atoms with Crippen molar-refractivity contribution in [1.82, 2.24) is 24.8 Å². The second-order valence-electron chi connectivity index (χ2n) is 6.67. The van der Waals surface area contributed by atoms with Crippen LogP contribution in [0.15, 0.2) is 53.5 Å². The summed E-state index contributed by atoms with van der Waals surface area (Å²) in [5.74, 6) is 2.15. The number of pyridine rings is 1. The first-order valence-electron chi connectivity index (χ1n) is 9.02. The fraction of sp³-hybridized carbons (Fsp3) is 0.263. The SMILES string of the molecule is c1ccc(CNc2cc(NCc3ccoc3)nn3c(C4CC4)nnc23)nc1. The third-order valence-corrected chi connectivity index (χ3v) is 4.58. The number of hydrogen-bond donors (Lipinski definition) is 2. The van der Waals surface area contributed by atoms with E-state index in [1.807, 2.05) is 34.8 Å². The average molecular weight is 361 g/mol. The molecule has 0 spiro atoms. The normalized spacial score (nSPS) is 13.8. The molecule has 1 aliphatic rings. The quantitative estimate of drug-likeness (QED) is 0.522. The highest BCUT2D eigenvalue weighted by molar-refractivity contribution is 5.70. The Balaban J connectivity index is 1.45. The summed E-state index contributed by atoms with van der Waals surface area (Å²) in [5.41, 5.74) is 3.64. The standard InChI is InChI=1S/C19H19N7O/c1-2-7-20-15(3-1)11-21-16-9-17(22-10-13-6-8-27-12-13)25-26-18(14-4-5-14)23-24-19(16)26/h1-3,6-9,12,14,21H,4-5,10-11H2,(H,22,25). The highest BCUT2D eigenvalue weighted by Crippen LogP contribution is 2.39. The monoisotopic (exact) mass is 361 g/mol. The fourth-order valence-corrected chi connectivity index (χ4v) is 2.98.